The Morgan fingerprint density at radius 2 is 1.83 bits per heavy atom. The maximum absolute atomic E-state index is 11.3. The Balaban J connectivity index is 2.94. The highest BCUT2D eigenvalue weighted by molar-refractivity contribution is 9.10. The summed E-state index contributed by atoms with van der Waals surface area (Å²) >= 11 is 3.11. The van der Waals surface area contributed by atoms with E-state index in [1.165, 1.54) is 12.1 Å². The van der Waals surface area contributed by atoms with Crippen LogP contribution < -0.4 is 5.32 Å². The first-order valence-corrected chi connectivity index (χ1v) is 5.44. The van der Waals surface area contributed by atoms with E-state index in [0.717, 1.165) is 6.08 Å². The van der Waals surface area contributed by atoms with E-state index in [-0.39, 0.29) is 11.3 Å². The number of carbonyl (C=O) groups is 3. The number of rotatable bonds is 4. The second-order valence-electron chi connectivity index (χ2n) is 3.16. The summed E-state index contributed by atoms with van der Waals surface area (Å²) in [5, 5.41) is 19.6. The number of nitrogens with one attached hydrogen (secondary N) is 1. The smallest absolute Gasteiger partial charge is 0.337 e. The Hall–Kier alpha value is -2.15. The minimum absolute atomic E-state index is 0.0886. The molecule has 1 aromatic carbocycles. The fraction of sp³-hybridized carbons (Fsp3) is 0. The van der Waals surface area contributed by atoms with Crippen molar-refractivity contribution in [2.45, 2.75) is 0 Å². The molecule has 0 aliphatic rings. The van der Waals surface area contributed by atoms with E-state index < -0.39 is 17.8 Å². The molecule has 3 N–H and O–H groups in total. The number of carbonyl (C=O) groups excluding carboxylic acids is 1. The number of hydrogen-bond donors (Lipinski definition) is 3. The predicted octanol–water partition coefficient (Wildman–Crippen LogP) is 1.73. The summed E-state index contributed by atoms with van der Waals surface area (Å²) in [6.45, 7) is 0. The summed E-state index contributed by atoms with van der Waals surface area (Å²) in [6.07, 6.45) is 1.46. The van der Waals surface area contributed by atoms with E-state index in [4.69, 9.17) is 10.2 Å². The second kappa shape index (κ2) is 5.97. The summed E-state index contributed by atoms with van der Waals surface area (Å²) < 4.78 is 0.555. The molecule has 18 heavy (non-hydrogen) atoms. The van der Waals surface area contributed by atoms with Crippen LogP contribution in [-0.4, -0.2) is 28.1 Å². The van der Waals surface area contributed by atoms with Gasteiger partial charge >= 0.3 is 11.9 Å². The quantitative estimate of drug-likeness (QED) is 0.734. The number of aromatic carboxylic acids is 1. The first kappa shape index (κ1) is 13.9. The molecule has 0 aliphatic heterocycles. The third-order valence-electron chi connectivity index (χ3n) is 1.85. The average molecular weight is 314 g/mol. The van der Waals surface area contributed by atoms with Gasteiger partial charge in [-0.05, 0) is 18.2 Å². The Kier molecular flexibility index (Phi) is 4.61. The van der Waals surface area contributed by atoms with Gasteiger partial charge in [0, 0.05) is 16.6 Å². The molecule has 0 saturated carbocycles. The van der Waals surface area contributed by atoms with Crippen molar-refractivity contribution >= 4 is 39.5 Å². The number of hydrogen-bond acceptors (Lipinski definition) is 3. The van der Waals surface area contributed by atoms with Gasteiger partial charge in [-0.1, -0.05) is 15.9 Å². The molecule has 0 bridgehead atoms. The van der Waals surface area contributed by atoms with Crippen LogP contribution in [-0.2, 0) is 9.59 Å². The van der Waals surface area contributed by atoms with Gasteiger partial charge in [0.2, 0.25) is 5.91 Å². The number of halogens is 1. The molecule has 0 spiro atoms. The van der Waals surface area contributed by atoms with Crippen LogP contribution in [0.25, 0.3) is 0 Å². The highest BCUT2D eigenvalue weighted by atomic mass is 79.9. The van der Waals surface area contributed by atoms with Crippen LogP contribution in [0.1, 0.15) is 10.4 Å². The topological polar surface area (TPSA) is 104 Å². The Morgan fingerprint density at radius 1 is 1.17 bits per heavy atom. The highest BCUT2D eigenvalue weighted by Gasteiger charge is 2.11. The van der Waals surface area contributed by atoms with Gasteiger partial charge in [0.15, 0.2) is 0 Å². The zero-order valence-corrected chi connectivity index (χ0v) is 10.5. The standard InChI is InChI=1S/C11H8BrNO5/c12-6-1-2-8(7(5-6)11(17)18)13-9(14)3-4-10(15)16/h1-5H,(H,13,14)(H,15,16)(H,17,18)/b4-3+. The molecular formula is C11H8BrNO5. The molecule has 0 aromatic heterocycles. The molecule has 0 unspecified atom stereocenters. The van der Waals surface area contributed by atoms with Gasteiger partial charge < -0.3 is 15.5 Å². The molecule has 1 rings (SSSR count). The molecule has 1 aromatic rings. The van der Waals surface area contributed by atoms with Crippen LogP contribution >= 0.6 is 15.9 Å². The van der Waals surface area contributed by atoms with Crippen LogP contribution in [0.15, 0.2) is 34.8 Å². The first-order chi connectivity index (χ1) is 8.40. The van der Waals surface area contributed by atoms with Gasteiger partial charge in [-0.2, -0.15) is 0 Å². The number of aliphatic carboxylic acids is 1. The van der Waals surface area contributed by atoms with E-state index >= 15 is 0 Å². The molecule has 94 valence electrons. The van der Waals surface area contributed by atoms with Crippen molar-refractivity contribution in [1.29, 1.82) is 0 Å². The van der Waals surface area contributed by atoms with Crippen molar-refractivity contribution in [2.24, 2.45) is 0 Å². The molecule has 0 atom stereocenters. The minimum atomic E-state index is -1.26. The van der Waals surface area contributed by atoms with E-state index in [1.807, 2.05) is 0 Å². The van der Waals surface area contributed by atoms with Crippen LogP contribution in [0.5, 0.6) is 0 Å². The molecule has 6 nitrogen and oxygen atoms in total. The van der Waals surface area contributed by atoms with E-state index in [2.05, 4.69) is 21.2 Å². The fourth-order valence-corrected chi connectivity index (χ4v) is 1.48. The van der Waals surface area contributed by atoms with Crippen LogP contribution in [0, 0.1) is 0 Å². The van der Waals surface area contributed by atoms with Gasteiger partial charge in [-0.15, -0.1) is 0 Å². The lowest BCUT2D eigenvalue weighted by Crippen LogP contribution is -2.12. The van der Waals surface area contributed by atoms with Gasteiger partial charge in [-0.3, -0.25) is 4.79 Å². The average Bonchev–Trinajstić information content (AvgIpc) is 2.28. The van der Waals surface area contributed by atoms with Crippen molar-refractivity contribution < 1.29 is 24.6 Å². The Bertz CT molecular complexity index is 538. The molecular weight excluding hydrogens is 306 g/mol. The molecule has 0 heterocycles. The van der Waals surface area contributed by atoms with Crippen molar-refractivity contribution in [3.05, 3.63) is 40.4 Å². The second-order valence-corrected chi connectivity index (χ2v) is 4.07. The predicted molar refractivity (Wildman–Crippen MR) is 66.5 cm³/mol. The monoisotopic (exact) mass is 313 g/mol. The van der Waals surface area contributed by atoms with Gasteiger partial charge in [0.1, 0.15) is 0 Å². The van der Waals surface area contributed by atoms with Gasteiger partial charge in [0.05, 0.1) is 11.3 Å². The Morgan fingerprint density at radius 3 is 2.39 bits per heavy atom. The van der Waals surface area contributed by atoms with Crippen molar-refractivity contribution in [3.63, 3.8) is 0 Å². The van der Waals surface area contributed by atoms with Crippen LogP contribution in [0.3, 0.4) is 0 Å². The van der Waals surface area contributed by atoms with Crippen molar-refractivity contribution in [2.75, 3.05) is 5.32 Å². The maximum atomic E-state index is 11.3. The molecule has 1 amide bonds. The zero-order chi connectivity index (χ0) is 13.7. The number of amides is 1. The van der Waals surface area contributed by atoms with Crippen molar-refractivity contribution in [1.82, 2.24) is 0 Å². The fourth-order valence-electron chi connectivity index (χ4n) is 1.12. The third-order valence-corrected chi connectivity index (χ3v) is 2.34. The largest absolute Gasteiger partial charge is 0.478 e. The van der Waals surface area contributed by atoms with E-state index in [1.54, 1.807) is 6.07 Å². The third kappa shape index (κ3) is 4.02. The summed E-state index contributed by atoms with van der Waals surface area (Å²) in [5.41, 5.74) is -0.00723. The van der Waals surface area contributed by atoms with Crippen molar-refractivity contribution in [3.8, 4) is 0 Å². The lowest BCUT2D eigenvalue weighted by molar-refractivity contribution is -0.131. The van der Waals surface area contributed by atoms with Gasteiger partial charge in [0.25, 0.3) is 0 Å². The van der Waals surface area contributed by atoms with Gasteiger partial charge in [-0.25, -0.2) is 9.59 Å². The number of benzene rings is 1. The van der Waals surface area contributed by atoms with E-state index in [0.29, 0.717) is 10.5 Å². The summed E-state index contributed by atoms with van der Waals surface area (Å²) in [7, 11) is 0. The molecule has 0 saturated heterocycles. The highest BCUT2D eigenvalue weighted by Crippen LogP contribution is 2.21. The number of anilines is 1. The SMILES string of the molecule is O=C(O)/C=C/C(=O)Nc1ccc(Br)cc1C(=O)O. The maximum Gasteiger partial charge on any atom is 0.337 e. The summed E-state index contributed by atoms with van der Waals surface area (Å²) in [6, 6.07) is 4.29. The van der Waals surface area contributed by atoms with E-state index in [9.17, 15) is 14.4 Å². The Labute approximate surface area is 110 Å². The zero-order valence-electron chi connectivity index (χ0n) is 8.88. The molecule has 0 radical (unpaired) electrons. The number of carboxylic acids is 2. The normalized spacial score (nSPS) is 10.3. The molecule has 7 heteroatoms. The summed E-state index contributed by atoms with van der Waals surface area (Å²) in [5.74, 6) is -3.18. The van der Waals surface area contributed by atoms with Crippen LogP contribution in [0.2, 0.25) is 0 Å². The number of carboxylic acid groups (broad SMARTS) is 2. The first-order valence-electron chi connectivity index (χ1n) is 4.65. The lowest BCUT2D eigenvalue weighted by Gasteiger charge is -2.06. The lowest BCUT2D eigenvalue weighted by atomic mass is 10.2. The molecule has 0 aliphatic carbocycles. The molecule has 0 fully saturated rings. The summed E-state index contributed by atoms with van der Waals surface area (Å²) in [4.78, 5) is 32.5. The minimum Gasteiger partial charge on any atom is -0.478 e. The van der Waals surface area contributed by atoms with Crippen LogP contribution in [0.4, 0.5) is 5.69 Å².